The maximum absolute atomic E-state index is 4.28. The number of hydrogen-bond acceptors (Lipinski definition) is 5. The topological polar surface area (TPSA) is 62.7 Å². The summed E-state index contributed by atoms with van der Waals surface area (Å²) in [7, 11) is 0. The standard InChI is InChI=1S/C14H19N5/c1-2-7-16-13-10-14(19-11-18-13)17-9-6-12-5-3-4-8-15-12/h3-5,8,10-11H,2,6-7,9H2,1H3,(H2,16,17,18,19). The molecular weight excluding hydrogens is 238 g/mol. The van der Waals surface area contributed by atoms with Gasteiger partial charge in [-0.3, -0.25) is 4.98 Å². The summed E-state index contributed by atoms with van der Waals surface area (Å²) in [6.45, 7) is 3.85. The molecule has 0 aliphatic carbocycles. The maximum Gasteiger partial charge on any atom is 0.131 e. The van der Waals surface area contributed by atoms with Gasteiger partial charge in [0.05, 0.1) is 0 Å². The van der Waals surface area contributed by atoms with Gasteiger partial charge in [0.1, 0.15) is 18.0 Å². The SMILES string of the molecule is CCCNc1cc(NCCc2ccccn2)ncn1. The average molecular weight is 257 g/mol. The molecule has 0 atom stereocenters. The first kappa shape index (κ1) is 13.3. The highest BCUT2D eigenvalue weighted by atomic mass is 15.1. The zero-order chi connectivity index (χ0) is 13.3. The zero-order valence-electron chi connectivity index (χ0n) is 11.1. The molecule has 0 bridgehead atoms. The minimum atomic E-state index is 0.807. The summed E-state index contributed by atoms with van der Waals surface area (Å²) >= 11 is 0. The van der Waals surface area contributed by atoms with Gasteiger partial charge in [-0.05, 0) is 18.6 Å². The summed E-state index contributed by atoms with van der Waals surface area (Å²) in [5, 5.41) is 6.52. The molecule has 0 saturated carbocycles. The lowest BCUT2D eigenvalue weighted by molar-refractivity contribution is 0.944. The summed E-state index contributed by atoms with van der Waals surface area (Å²) in [6, 6.07) is 7.87. The number of anilines is 2. The van der Waals surface area contributed by atoms with Crippen LogP contribution in [0, 0.1) is 0 Å². The molecule has 0 saturated heterocycles. The van der Waals surface area contributed by atoms with Crippen LogP contribution in [-0.4, -0.2) is 28.0 Å². The van der Waals surface area contributed by atoms with Crippen LogP contribution < -0.4 is 10.6 Å². The fourth-order valence-electron chi connectivity index (χ4n) is 1.67. The minimum Gasteiger partial charge on any atom is -0.370 e. The van der Waals surface area contributed by atoms with E-state index in [1.807, 2.05) is 30.5 Å². The van der Waals surface area contributed by atoms with E-state index in [1.54, 1.807) is 6.33 Å². The quantitative estimate of drug-likeness (QED) is 0.797. The first-order chi connectivity index (χ1) is 9.38. The van der Waals surface area contributed by atoms with Gasteiger partial charge in [0.15, 0.2) is 0 Å². The Morgan fingerprint density at radius 2 is 1.79 bits per heavy atom. The molecule has 2 aromatic heterocycles. The normalized spacial score (nSPS) is 10.2. The molecule has 0 aromatic carbocycles. The van der Waals surface area contributed by atoms with E-state index in [-0.39, 0.29) is 0 Å². The van der Waals surface area contributed by atoms with Crippen LogP contribution >= 0.6 is 0 Å². The van der Waals surface area contributed by atoms with Crippen LogP contribution in [0.1, 0.15) is 19.0 Å². The fraction of sp³-hybridized carbons (Fsp3) is 0.357. The molecular formula is C14H19N5. The van der Waals surface area contributed by atoms with Crippen LogP contribution in [0.2, 0.25) is 0 Å². The predicted octanol–water partition coefficient (Wildman–Crippen LogP) is 2.35. The van der Waals surface area contributed by atoms with Crippen molar-refractivity contribution in [2.45, 2.75) is 19.8 Å². The Hall–Kier alpha value is -2.17. The largest absolute Gasteiger partial charge is 0.370 e. The second-order valence-corrected chi connectivity index (χ2v) is 4.21. The van der Waals surface area contributed by atoms with E-state index >= 15 is 0 Å². The van der Waals surface area contributed by atoms with Crippen LogP contribution in [0.5, 0.6) is 0 Å². The number of hydrogen-bond donors (Lipinski definition) is 2. The van der Waals surface area contributed by atoms with Crippen LogP contribution in [0.15, 0.2) is 36.8 Å². The third-order valence-electron chi connectivity index (χ3n) is 2.64. The Morgan fingerprint density at radius 1 is 1.00 bits per heavy atom. The van der Waals surface area contributed by atoms with Gasteiger partial charge < -0.3 is 10.6 Å². The Bertz CT molecular complexity index is 486. The Labute approximate surface area is 113 Å². The first-order valence-corrected chi connectivity index (χ1v) is 6.58. The van der Waals surface area contributed by atoms with Gasteiger partial charge in [0, 0.05) is 37.5 Å². The molecule has 2 heterocycles. The Balaban J connectivity index is 1.82. The van der Waals surface area contributed by atoms with Crippen LogP contribution in [0.4, 0.5) is 11.6 Å². The molecule has 5 heteroatoms. The minimum absolute atomic E-state index is 0.807. The summed E-state index contributed by atoms with van der Waals surface area (Å²) in [6.07, 6.45) is 5.34. The van der Waals surface area contributed by atoms with Crippen molar-refractivity contribution in [1.29, 1.82) is 0 Å². The lowest BCUT2D eigenvalue weighted by atomic mass is 10.3. The van der Waals surface area contributed by atoms with Crippen molar-refractivity contribution in [3.63, 3.8) is 0 Å². The van der Waals surface area contributed by atoms with Crippen LogP contribution in [-0.2, 0) is 6.42 Å². The highest BCUT2D eigenvalue weighted by Crippen LogP contribution is 2.08. The predicted molar refractivity (Wildman–Crippen MR) is 77.2 cm³/mol. The molecule has 0 radical (unpaired) electrons. The fourth-order valence-corrected chi connectivity index (χ4v) is 1.67. The molecule has 0 amide bonds. The second kappa shape index (κ2) is 7.31. The van der Waals surface area contributed by atoms with E-state index in [2.05, 4.69) is 32.5 Å². The molecule has 2 rings (SSSR count). The molecule has 0 aliphatic rings. The number of nitrogens with one attached hydrogen (secondary N) is 2. The van der Waals surface area contributed by atoms with Gasteiger partial charge in [-0.15, -0.1) is 0 Å². The number of nitrogens with zero attached hydrogens (tertiary/aromatic N) is 3. The highest BCUT2D eigenvalue weighted by Gasteiger charge is 1.98. The number of pyridine rings is 1. The molecule has 2 aromatic rings. The molecule has 100 valence electrons. The van der Waals surface area contributed by atoms with Crippen molar-refractivity contribution in [2.24, 2.45) is 0 Å². The molecule has 5 nitrogen and oxygen atoms in total. The van der Waals surface area contributed by atoms with E-state index in [0.29, 0.717) is 0 Å². The van der Waals surface area contributed by atoms with Crippen molar-refractivity contribution in [3.8, 4) is 0 Å². The Kier molecular flexibility index (Phi) is 5.10. The smallest absolute Gasteiger partial charge is 0.131 e. The molecule has 0 aliphatic heterocycles. The molecule has 0 unspecified atom stereocenters. The maximum atomic E-state index is 4.28. The van der Waals surface area contributed by atoms with E-state index in [0.717, 1.165) is 43.3 Å². The zero-order valence-corrected chi connectivity index (χ0v) is 11.1. The van der Waals surface area contributed by atoms with Gasteiger partial charge in [-0.1, -0.05) is 13.0 Å². The van der Waals surface area contributed by atoms with Gasteiger partial charge in [-0.2, -0.15) is 0 Å². The second-order valence-electron chi connectivity index (χ2n) is 4.21. The van der Waals surface area contributed by atoms with E-state index in [9.17, 15) is 0 Å². The average Bonchev–Trinajstić information content (AvgIpc) is 2.47. The summed E-state index contributed by atoms with van der Waals surface area (Å²) in [5.74, 6) is 1.70. The van der Waals surface area contributed by atoms with Crippen molar-refractivity contribution in [2.75, 3.05) is 23.7 Å². The number of rotatable bonds is 7. The molecule has 19 heavy (non-hydrogen) atoms. The van der Waals surface area contributed by atoms with E-state index in [1.165, 1.54) is 0 Å². The van der Waals surface area contributed by atoms with Gasteiger partial charge >= 0.3 is 0 Å². The van der Waals surface area contributed by atoms with Gasteiger partial charge in [-0.25, -0.2) is 9.97 Å². The first-order valence-electron chi connectivity index (χ1n) is 6.58. The van der Waals surface area contributed by atoms with E-state index < -0.39 is 0 Å². The third kappa shape index (κ3) is 4.54. The van der Waals surface area contributed by atoms with Crippen molar-refractivity contribution in [3.05, 3.63) is 42.5 Å². The lowest BCUT2D eigenvalue weighted by Gasteiger charge is -2.07. The summed E-state index contributed by atoms with van der Waals surface area (Å²) in [4.78, 5) is 12.6. The van der Waals surface area contributed by atoms with Gasteiger partial charge in [0.25, 0.3) is 0 Å². The molecule has 2 N–H and O–H groups in total. The number of aromatic nitrogens is 3. The van der Waals surface area contributed by atoms with Crippen molar-refractivity contribution in [1.82, 2.24) is 15.0 Å². The Morgan fingerprint density at radius 3 is 2.47 bits per heavy atom. The lowest BCUT2D eigenvalue weighted by Crippen LogP contribution is -2.08. The summed E-state index contributed by atoms with van der Waals surface area (Å²) < 4.78 is 0. The molecule has 0 spiro atoms. The monoisotopic (exact) mass is 257 g/mol. The molecule has 0 fully saturated rings. The van der Waals surface area contributed by atoms with Crippen LogP contribution in [0.25, 0.3) is 0 Å². The van der Waals surface area contributed by atoms with Crippen LogP contribution in [0.3, 0.4) is 0 Å². The summed E-state index contributed by atoms with van der Waals surface area (Å²) in [5.41, 5.74) is 1.08. The highest BCUT2D eigenvalue weighted by molar-refractivity contribution is 5.46. The van der Waals surface area contributed by atoms with Gasteiger partial charge in [0.2, 0.25) is 0 Å². The van der Waals surface area contributed by atoms with Crippen molar-refractivity contribution >= 4 is 11.6 Å². The third-order valence-corrected chi connectivity index (χ3v) is 2.64. The van der Waals surface area contributed by atoms with Crippen molar-refractivity contribution < 1.29 is 0 Å². The van der Waals surface area contributed by atoms with E-state index in [4.69, 9.17) is 0 Å².